The maximum absolute atomic E-state index is 13.1. The minimum atomic E-state index is -0.626. The first-order valence-corrected chi connectivity index (χ1v) is 7.91. The lowest BCUT2D eigenvalue weighted by Crippen LogP contribution is -2.47. The molecule has 2 aromatic rings. The van der Waals surface area contributed by atoms with Crippen LogP contribution >= 0.6 is 11.6 Å². The number of fused-ring (bicyclic) bond motifs is 1. The number of halogens is 1. The Morgan fingerprint density at radius 3 is 2.57 bits per heavy atom. The molecular formula is C19H18ClNO2. The molecule has 1 amide bonds. The highest BCUT2D eigenvalue weighted by Crippen LogP contribution is 2.38. The van der Waals surface area contributed by atoms with Gasteiger partial charge in [-0.05, 0) is 36.8 Å². The number of rotatable bonds is 1. The summed E-state index contributed by atoms with van der Waals surface area (Å²) in [6.45, 7) is 5.98. The van der Waals surface area contributed by atoms with Crippen molar-refractivity contribution in [1.82, 2.24) is 0 Å². The average Bonchev–Trinajstić information content (AvgIpc) is 2.51. The molecule has 0 atom stereocenters. The van der Waals surface area contributed by atoms with Crippen molar-refractivity contribution in [2.24, 2.45) is 5.41 Å². The summed E-state index contributed by atoms with van der Waals surface area (Å²) in [5.74, 6) is -0.0646. The second-order valence-electron chi connectivity index (χ2n) is 6.58. The fourth-order valence-electron chi connectivity index (χ4n) is 2.98. The Morgan fingerprint density at radius 1 is 1.17 bits per heavy atom. The van der Waals surface area contributed by atoms with Crippen LogP contribution in [0.4, 0.5) is 5.69 Å². The summed E-state index contributed by atoms with van der Waals surface area (Å²) < 4.78 is 0. The average molecular weight is 328 g/mol. The lowest BCUT2D eigenvalue weighted by molar-refractivity contribution is 0.0819. The summed E-state index contributed by atoms with van der Waals surface area (Å²) in [5, 5.41) is 0.513. The van der Waals surface area contributed by atoms with Gasteiger partial charge in [-0.25, -0.2) is 0 Å². The zero-order chi connectivity index (χ0) is 16.8. The minimum absolute atomic E-state index is 0.0398. The van der Waals surface area contributed by atoms with Gasteiger partial charge >= 0.3 is 0 Å². The maximum Gasteiger partial charge on any atom is 0.258 e. The van der Waals surface area contributed by atoms with E-state index in [-0.39, 0.29) is 11.7 Å². The number of hydrogen-bond acceptors (Lipinski definition) is 2. The Morgan fingerprint density at radius 2 is 1.87 bits per heavy atom. The minimum Gasteiger partial charge on any atom is -0.307 e. The topological polar surface area (TPSA) is 37.4 Å². The van der Waals surface area contributed by atoms with Crippen LogP contribution in [0, 0.1) is 12.3 Å². The fourth-order valence-corrected chi connectivity index (χ4v) is 3.14. The predicted molar refractivity (Wildman–Crippen MR) is 92.4 cm³/mol. The number of aryl methyl sites for hydroxylation is 1. The molecule has 2 aromatic carbocycles. The van der Waals surface area contributed by atoms with E-state index >= 15 is 0 Å². The first-order chi connectivity index (χ1) is 10.8. The van der Waals surface area contributed by atoms with Crippen molar-refractivity contribution in [2.45, 2.75) is 20.8 Å². The van der Waals surface area contributed by atoms with E-state index in [4.69, 9.17) is 11.6 Å². The summed E-state index contributed by atoms with van der Waals surface area (Å²) >= 11 is 6.09. The Bertz CT molecular complexity index is 811. The van der Waals surface area contributed by atoms with Crippen molar-refractivity contribution >= 4 is 29.0 Å². The Kier molecular flexibility index (Phi) is 3.77. The number of nitrogens with zero attached hydrogens (tertiary/aromatic N) is 1. The van der Waals surface area contributed by atoms with Crippen LogP contribution in [-0.4, -0.2) is 18.2 Å². The summed E-state index contributed by atoms with van der Waals surface area (Å²) in [4.78, 5) is 27.4. The molecule has 118 valence electrons. The van der Waals surface area contributed by atoms with E-state index in [1.54, 1.807) is 23.1 Å². The number of Topliss-reactive ketones (excluding diaryl/α,β-unsaturated/α-hetero) is 1. The number of anilines is 1. The standard InChI is InChI=1S/C19H18ClNO2/c1-12-6-4-5-7-14(12)18(23)21-11-19(2,3)17(22)15-9-8-13(20)10-16(15)21/h4-10H,11H2,1-3H3. The normalized spacial score (nSPS) is 16.2. The molecule has 0 saturated heterocycles. The van der Waals surface area contributed by atoms with Crippen molar-refractivity contribution < 1.29 is 9.59 Å². The summed E-state index contributed by atoms with van der Waals surface area (Å²) in [6.07, 6.45) is 0. The van der Waals surface area contributed by atoms with Crippen LogP contribution in [0.5, 0.6) is 0 Å². The molecule has 0 radical (unpaired) electrons. The molecule has 0 aliphatic carbocycles. The summed E-state index contributed by atoms with van der Waals surface area (Å²) in [5.41, 5.74) is 2.07. The zero-order valence-corrected chi connectivity index (χ0v) is 14.1. The highest BCUT2D eigenvalue weighted by Gasteiger charge is 2.40. The van der Waals surface area contributed by atoms with Gasteiger partial charge in [0.2, 0.25) is 0 Å². The van der Waals surface area contributed by atoms with Crippen molar-refractivity contribution in [3.05, 3.63) is 64.2 Å². The van der Waals surface area contributed by atoms with Gasteiger partial charge in [-0.3, -0.25) is 9.59 Å². The van der Waals surface area contributed by atoms with Crippen molar-refractivity contribution in [3.8, 4) is 0 Å². The van der Waals surface area contributed by atoms with Crippen LogP contribution in [0.2, 0.25) is 5.02 Å². The second kappa shape index (κ2) is 5.50. The monoisotopic (exact) mass is 327 g/mol. The number of ketones is 1. The lowest BCUT2D eigenvalue weighted by atomic mass is 9.79. The molecule has 3 rings (SSSR count). The number of hydrogen-bond donors (Lipinski definition) is 0. The van der Waals surface area contributed by atoms with Crippen molar-refractivity contribution in [3.63, 3.8) is 0 Å². The number of carbonyl (C=O) groups excluding carboxylic acids is 2. The van der Waals surface area contributed by atoms with E-state index in [9.17, 15) is 9.59 Å². The molecule has 1 heterocycles. The third-order valence-corrected chi connectivity index (χ3v) is 4.52. The molecule has 0 spiro atoms. The van der Waals surface area contributed by atoms with Gasteiger partial charge in [-0.1, -0.05) is 43.6 Å². The van der Waals surface area contributed by atoms with Gasteiger partial charge in [0.1, 0.15) is 0 Å². The quantitative estimate of drug-likeness (QED) is 0.772. The first-order valence-electron chi connectivity index (χ1n) is 7.53. The molecule has 0 unspecified atom stereocenters. The van der Waals surface area contributed by atoms with Crippen LogP contribution in [0.1, 0.15) is 40.1 Å². The molecular weight excluding hydrogens is 310 g/mol. The molecule has 1 aliphatic heterocycles. The van der Waals surface area contributed by atoms with Gasteiger partial charge in [0.15, 0.2) is 5.78 Å². The zero-order valence-electron chi connectivity index (χ0n) is 13.4. The second-order valence-corrected chi connectivity index (χ2v) is 7.02. The molecule has 0 N–H and O–H groups in total. The van der Waals surface area contributed by atoms with Gasteiger partial charge in [-0.2, -0.15) is 0 Å². The van der Waals surface area contributed by atoms with E-state index in [2.05, 4.69) is 0 Å². The smallest absolute Gasteiger partial charge is 0.258 e. The molecule has 4 heteroatoms. The van der Waals surface area contributed by atoms with E-state index in [1.807, 2.05) is 45.0 Å². The molecule has 3 nitrogen and oxygen atoms in total. The molecule has 23 heavy (non-hydrogen) atoms. The first kappa shape index (κ1) is 15.8. The van der Waals surface area contributed by atoms with Gasteiger partial charge in [0.05, 0.1) is 5.69 Å². The van der Waals surface area contributed by atoms with Gasteiger partial charge in [-0.15, -0.1) is 0 Å². The number of amides is 1. The van der Waals surface area contributed by atoms with Gasteiger partial charge in [0, 0.05) is 28.1 Å². The Balaban J connectivity index is 2.15. The highest BCUT2D eigenvalue weighted by molar-refractivity contribution is 6.31. The fraction of sp³-hybridized carbons (Fsp3) is 0.263. The molecule has 0 aromatic heterocycles. The van der Waals surface area contributed by atoms with Crippen LogP contribution in [0.15, 0.2) is 42.5 Å². The third-order valence-electron chi connectivity index (χ3n) is 4.28. The maximum atomic E-state index is 13.1. The summed E-state index contributed by atoms with van der Waals surface area (Å²) in [7, 11) is 0. The van der Waals surface area contributed by atoms with Crippen LogP contribution < -0.4 is 4.90 Å². The largest absolute Gasteiger partial charge is 0.307 e. The molecule has 0 saturated carbocycles. The number of benzene rings is 2. The highest BCUT2D eigenvalue weighted by atomic mass is 35.5. The van der Waals surface area contributed by atoms with Crippen LogP contribution in [-0.2, 0) is 0 Å². The Hall–Kier alpha value is -2.13. The lowest BCUT2D eigenvalue weighted by Gasteiger charge is -2.38. The molecule has 1 aliphatic rings. The van der Waals surface area contributed by atoms with E-state index < -0.39 is 5.41 Å². The van der Waals surface area contributed by atoms with E-state index in [0.717, 1.165) is 5.56 Å². The molecule has 0 bridgehead atoms. The van der Waals surface area contributed by atoms with Crippen LogP contribution in [0.25, 0.3) is 0 Å². The van der Waals surface area contributed by atoms with Crippen molar-refractivity contribution in [1.29, 1.82) is 0 Å². The van der Waals surface area contributed by atoms with E-state index in [0.29, 0.717) is 28.4 Å². The summed E-state index contributed by atoms with van der Waals surface area (Å²) in [6, 6.07) is 12.6. The SMILES string of the molecule is Cc1ccccc1C(=O)N1CC(C)(C)C(=O)c2ccc(Cl)cc21. The van der Waals surface area contributed by atoms with Gasteiger partial charge < -0.3 is 4.90 Å². The number of carbonyl (C=O) groups is 2. The van der Waals surface area contributed by atoms with E-state index in [1.165, 1.54) is 0 Å². The van der Waals surface area contributed by atoms with Gasteiger partial charge in [0.25, 0.3) is 5.91 Å². The Labute approximate surface area is 140 Å². The van der Waals surface area contributed by atoms with Crippen molar-refractivity contribution in [2.75, 3.05) is 11.4 Å². The third kappa shape index (κ3) is 2.66. The predicted octanol–water partition coefficient (Wildman–Crippen LogP) is 4.52. The van der Waals surface area contributed by atoms with Crippen LogP contribution in [0.3, 0.4) is 0 Å². The molecule has 0 fully saturated rings.